The van der Waals surface area contributed by atoms with Gasteiger partial charge in [0.05, 0.1) is 5.69 Å². The molecule has 0 radical (unpaired) electrons. The molecule has 0 saturated carbocycles. The van der Waals surface area contributed by atoms with Gasteiger partial charge in [-0.1, -0.05) is 6.07 Å². The van der Waals surface area contributed by atoms with Crippen molar-refractivity contribution in [2.24, 2.45) is 0 Å². The highest BCUT2D eigenvalue weighted by Crippen LogP contribution is 2.20. The highest BCUT2D eigenvalue weighted by Gasteiger charge is 2.09. The first-order valence-electron chi connectivity index (χ1n) is 7.63. The van der Waals surface area contributed by atoms with Crippen LogP contribution in [0.5, 0.6) is 0 Å². The monoisotopic (exact) mass is 302 g/mol. The summed E-state index contributed by atoms with van der Waals surface area (Å²) in [6, 6.07) is 7.26. The average molecular weight is 302 g/mol. The maximum absolute atomic E-state index is 14.2. The summed E-state index contributed by atoms with van der Waals surface area (Å²) >= 11 is 0. The molecule has 0 aliphatic carbocycles. The summed E-state index contributed by atoms with van der Waals surface area (Å²) in [4.78, 5) is 10.6. The zero-order valence-electron chi connectivity index (χ0n) is 13.7. The third-order valence-electron chi connectivity index (χ3n) is 3.55. The van der Waals surface area contributed by atoms with Gasteiger partial charge in [0.15, 0.2) is 0 Å². The molecule has 5 heteroatoms. The third-order valence-corrected chi connectivity index (χ3v) is 3.55. The Labute approximate surface area is 131 Å². The van der Waals surface area contributed by atoms with E-state index in [4.69, 9.17) is 0 Å². The molecule has 0 amide bonds. The molecule has 0 unspecified atom stereocenters. The molecule has 0 saturated heterocycles. The van der Waals surface area contributed by atoms with Gasteiger partial charge in [-0.15, -0.1) is 0 Å². The minimum absolute atomic E-state index is 0.190. The highest BCUT2D eigenvalue weighted by atomic mass is 19.1. The summed E-state index contributed by atoms with van der Waals surface area (Å²) in [5, 5.41) is 3.14. The van der Waals surface area contributed by atoms with Crippen molar-refractivity contribution in [3.8, 4) is 0 Å². The maximum atomic E-state index is 14.2. The fraction of sp³-hybridized carbons (Fsp3) is 0.412. The van der Waals surface area contributed by atoms with Crippen LogP contribution in [0, 0.1) is 19.7 Å². The Morgan fingerprint density at radius 1 is 1.05 bits per heavy atom. The number of benzene rings is 1. The largest absolute Gasteiger partial charge is 0.370 e. The first kappa shape index (κ1) is 16.2. The standard InChI is InChI=1S/C17H23FN4/c1-5-22(6-2)16-8-7-14(10-15(16)18)11-19-17-20-12(3)9-13(4)21-17/h7-10H,5-6,11H2,1-4H3,(H,19,20,21). The molecule has 118 valence electrons. The Morgan fingerprint density at radius 3 is 2.23 bits per heavy atom. The fourth-order valence-corrected chi connectivity index (χ4v) is 2.47. The Morgan fingerprint density at radius 2 is 1.68 bits per heavy atom. The van der Waals surface area contributed by atoms with Gasteiger partial charge in [0.1, 0.15) is 5.82 Å². The van der Waals surface area contributed by atoms with E-state index in [1.54, 1.807) is 6.07 Å². The molecule has 1 heterocycles. The zero-order chi connectivity index (χ0) is 16.1. The third kappa shape index (κ3) is 3.93. The lowest BCUT2D eigenvalue weighted by Gasteiger charge is -2.22. The number of aryl methyl sites for hydroxylation is 2. The van der Waals surface area contributed by atoms with Gasteiger partial charge in [-0.05, 0) is 51.5 Å². The van der Waals surface area contributed by atoms with Crippen molar-refractivity contribution < 1.29 is 4.39 Å². The SMILES string of the molecule is CCN(CC)c1ccc(CNc2nc(C)cc(C)n2)cc1F. The molecule has 0 fully saturated rings. The lowest BCUT2D eigenvalue weighted by molar-refractivity contribution is 0.618. The Bertz CT molecular complexity index is 618. The molecule has 22 heavy (non-hydrogen) atoms. The number of nitrogens with zero attached hydrogens (tertiary/aromatic N) is 3. The molecule has 0 spiro atoms. The molecular formula is C17H23FN4. The molecule has 2 rings (SSSR count). The van der Waals surface area contributed by atoms with Crippen LogP contribution in [0.2, 0.25) is 0 Å². The molecule has 4 nitrogen and oxygen atoms in total. The number of rotatable bonds is 6. The fourth-order valence-electron chi connectivity index (χ4n) is 2.47. The van der Waals surface area contributed by atoms with Crippen molar-refractivity contribution in [2.45, 2.75) is 34.2 Å². The van der Waals surface area contributed by atoms with Crippen LogP contribution in [-0.2, 0) is 6.54 Å². The summed E-state index contributed by atoms with van der Waals surface area (Å²) in [7, 11) is 0. The molecule has 2 aromatic rings. The van der Waals surface area contributed by atoms with Crippen molar-refractivity contribution in [2.75, 3.05) is 23.3 Å². The second-order valence-corrected chi connectivity index (χ2v) is 5.29. The predicted molar refractivity (Wildman–Crippen MR) is 88.8 cm³/mol. The van der Waals surface area contributed by atoms with Gasteiger partial charge in [-0.3, -0.25) is 0 Å². The van der Waals surface area contributed by atoms with Crippen LogP contribution >= 0.6 is 0 Å². The van der Waals surface area contributed by atoms with E-state index in [-0.39, 0.29) is 5.82 Å². The van der Waals surface area contributed by atoms with E-state index in [1.165, 1.54) is 0 Å². The Kier molecular flexibility index (Phi) is 5.31. The summed E-state index contributed by atoms with van der Waals surface area (Å²) < 4.78 is 14.2. The van der Waals surface area contributed by atoms with Crippen LogP contribution in [0.4, 0.5) is 16.0 Å². The van der Waals surface area contributed by atoms with Crippen LogP contribution in [0.25, 0.3) is 0 Å². The van der Waals surface area contributed by atoms with Crippen LogP contribution in [0.1, 0.15) is 30.8 Å². The number of nitrogens with one attached hydrogen (secondary N) is 1. The second kappa shape index (κ2) is 7.20. The first-order valence-corrected chi connectivity index (χ1v) is 7.63. The molecule has 1 N–H and O–H groups in total. The molecule has 0 aliphatic rings. The average Bonchev–Trinajstić information content (AvgIpc) is 2.47. The highest BCUT2D eigenvalue weighted by molar-refractivity contribution is 5.49. The van der Waals surface area contributed by atoms with Gasteiger partial charge >= 0.3 is 0 Å². The van der Waals surface area contributed by atoms with Crippen LogP contribution in [-0.4, -0.2) is 23.1 Å². The Balaban J connectivity index is 2.09. The molecule has 0 atom stereocenters. The summed E-state index contributed by atoms with van der Waals surface area (Å²) in [6.45, 7) is 9.99. The number of aromatic nitrogens is 2. The topological polar surface area (TPSA) is 41.0 Å². The summed E-state index contributed by atoms with van der Waals surface area (Å²) in [6.07, 6.45) is 0. The van der Waals surface area contributed by atoms with Gasteiger partial charge in [0.25, 0.3) is 0 Å². The number of halogens is 1. The lowest BCUT2D eigenvalue weighted by Crippen LogP contribution is -2.23. The van der Waals surface area contributed by atoms with Crippen LogP contribution < -0.4 is 10.2 Å². The predicted octanol–water partition coefficient (Wildman–Crippen LogP) is 3.69. The lowest BCUT2D eigenvalue weighted by atomic mass is 10.2. The molecule has 1 aromatic carbocycles. The van der Waals surface area contributed by atoms with Crippen molar-refractivity contribution in [1.29, 1.82) is 0 Å². The normalized spacial score (nSPS) is 10.6. The quantitative estimate of drug-likeness (QED) is 0.883. The number of anilines is 2. The maximum Gasteiger partial charge on any atom is 0.223 e. The summed E-state index contributed by atoms with van der Waals surface area (Å²) in [5.74, 6) is 0.384. The molecule has 0 bridgehead atoms. The van der Waals surface area contributed by atoms with Gasteiger partial charge in [-0.2, -0.15) is 0 Å². The Hall–Kier alpha value is -2.17. The van der Waals surface area contributed by atoms with Crippen LogP contribution in [0.3, 0.4) is 0 Å². The van der Waals surface area contributed by atoms with E-state index in [1.807, 2.05) is 50.8 Å². The van der Waals surface area contributed by atoms with E-state index < -0.39 is 0 Å². The number of hydrogen-bond donors (Lipinski definition) is 1. The molecule has 0 aliphatic heterocycles. The molecule has 1 aromatic heterocycles. The van der Waals surface area contributed by atoms with E-state index in [0.717, 1.165) is 30.0 Å². The summed E-state index contributed by atoms with van der Waals surface area (Å²) in [5.41, 5.74) is 3.35. The second-order valence-electron chi connectivity index (χ2n) is 5.29. The van der Waals surface area contributed by atoms with E-state index in [0.29, 0.717) is 18.2 Å². The minimum atomic E-state index is -0.190. The van der Waals surface area contributed by atoms with E-state index in [9.17, 15) is 4.39 Å². The van der Waals surface area contributed by atoms with E-state index >= 15 is 0 Å². The van der Waals surface area contributed by atoms with Crippen molar-refractivity contribution in [3.63, 3.8) is 0 Å². The van der Waals surface area contributed by atoms with Gasteiger partial charge < -0.3 is 10.2 Å². The number of hydrogen-bond acceptors (Lipinski definition) is 4. The van der Waals surface area contributed by atoms with Crippen molar-refractivity contribution >= 4 is 11.6 Å². The van der Waals surface area contributed by atoms with Gasteiger partial charge in [0.2, 0.25) is 5.95 Å². The minimum Gasteiger partial charge on any atom is -0.370 e. The van der Waals surface area contributed by atoms with Gasteiger partial charge in [-0.25, -0.2) is 14.4 Å². The van der Waals surface area contributed by atoms with Gasteiger partial charge in [0, 0.05) is 31.0 Å². The molecular weight excluding hydrogens is 279 g/mol. The smallest absolute Gasteiger partial charge is 0.223 e. The zero-order valence-corrected chi connectivity index (χ0v) is 13.7. The van der Waals surface area contributed by atoms with E-state index in [2.05, 4.69) is 15.3 Å². The van der Waals surface area contributed by atoms with Crippen molar-refractivity contribution in [3.05, 3.63) is 47.0 Å². The van der Waals surface area contributed by atoms with Crippen molar-refractivity contribution in [1.82, 2.24) is 9.97 Å². The first-order chi connectivity index (χ1) is 10.5. The van der Waals surface area contributed by atoms with Crippen LogP contribution in [0.15, 0.2) is 24.3 Å².